The first-order valence-corrected chi connectivity index (χ1v) is 5.56. The van der Waals surface area contributed by atoms with E-state index in [1.807, 2.05) is 0 Å². The zero-order chi connectivity index (χ0) is 12.4. The summed E-state index contributed by atoms with van der Waals surface area (Å²) < 4.78 is 0. The van der Waals surface area contributed by atoms with Gasteiger partial charge in [0.2, 0.25) is 11.8 Å². The zero-order valence-corrected chi connectivity index (χ0v) is 10.0. The molecule has 0 saturated heterocycles. The van der Waals surface area contributed by atoms with Crippen molar-refractivity contribution in [1.82, 2.24) is 5.32 Å². The molecule has 0 aliphatic heterocycles. The zero-order valence-electron chi connectivity index (χ0n) is 10.0. The number of nitrogens with one attached hydrogen (secondary N) is 1. The first kappa shape index (κ1) is 12.7. The fourth-order valence-electron chi connectivity index (χ4n) is 2.07. The van der Waals surface area contributed by atoms with Gasteiger partial charge in [-0.05, 0) is 37.2 Å². The number of carbonyl (C=O) groups is 2. The molecule has 16 heavy (non-hydrogen) atoms. The van der Waals surface area contributed by atoms with Gasteiger partial charge in [-0.3, -0.25) is 9.59 Å². The summed E-state index contributed by atoms with van der Waals surface area (Å²) in [6.45, 7) is 7.70. The predicted octanol–water partition coefficient (Wildman–Crippen LogP) is 1.11. The number of rotatable bonds is 3. The first-order valence-electron chi connectivity index (χ1n) is 5.56. The van der Waals surface area contributed by atoms with Gasteiger partial charge in [0, 0.05) is 0 Å². The Labute approximate surface area is 96.3 Å². The maximum atomic E-state index is 11.5. The standard InChI is InChI=1S/C12H20N2O2/c1-4-9(15)14-12(10(13)16)7-5-11(2,3)6-8-12/h4H,1,5-8H2,2-3H3,(H2,13,16)(H,14,15). The highest BCUT2D eigenvalue weighted by atomic mass is 16.2. The molecule has 0 aromatic heterocycles. The van der Waals surface area contributed by atoms with Crippen LogP contribution in [-0.4, -0.2) is 17.4 Å². The Hall–Kier alpha value is -1.32. The van der Waals surface area contributed by atoms with Gasteiger partial charge in [0.15, 0.2) is 0 Å². The Morgan fingerprint density at radius 1 is 1.25 bits per heavy atom. The molecule has 4 heteroatoms. The van der Waals surface area contributed by atoms with E-state index in [1.165, 1.54) is 6.08 Å². The van der Waals surface area contributed by atoms with E-state index >= 15 is 0 Å². The molecule has 90 valence electrons. The number of carbonyl (C=O) groups excluding carboxylic acids is 2. The second kappa shape index (κ2) is 4.28. The van der Waals surface area contributed by atoms with E-state index in [4.69, 9.17) is 5.73 Å². The summed E-state index contributed by atoms with van der Waals surface area (Å²) in [4.78, 5) is 22.8. The molecule has 1 rings (SSSR count). The van der Waals surface area contributed by atoms with Crippen LogP contribution in [0.2, 0.25) is 0 Å². The smallest absolute Gasteiger partial charge is 0.244 e. The van der Waals surface area contributed by atoms with Gasteiger partial charge in [0.05, 0.1) is 0 Å². The van der Waals surface area contributed by atoms with E-state index in [-0.39, 0.29) is 11.3 Å². The Kier molecular flexibility index (Phi) is 3.41. The average molecular weight is 224 g/mol. The lowest BCUT2D eigenvalue weighted by Crippen LogP contribution is -2.59. The Balaban J connectivity index is 2.80. The molecule has 0 unspecified atom stereocenters. The molecule has 0 heterocycles. The largest absolute Gasteiger partial charge is 0.368 e. The Bertz CT molecular complexity index is 311. The lowest BCUT2D eigenvalue weighted by Gasteiger charge is -2.41. The van der Waals surface area contributed by atoms with Crippen LogP contribution in [0.25, 0.3) is 0 Å². The Morgan fingerprint density at radius 3 is 2.12 bits per heavy atom. The molecular formula is C12H20N2O2. The van der Waals surface area contributed by atoms with Crippen LogP contribution < -0.4 is 11.1 Å². The van der Waals surface area contributed by atoms with Gasteiger partial charge < -0.3 is 11.1 Å². The quantitative estimate of drug-likeness (QED) is 0.705. The van der Waals surface area contributed by atoms with E-state index in [2.05, 4.69) is 25.7 Å². The summed E-state index contributed by atoms with van der Waals surface area (Å²) in [5, 5.41) is 2.69. The number of hydrogen-bond donors (Lipinski definition) is 2. The Morgan fingerprint density at radius 2 is 1.75 bits per heavy atom. The summed E-state index contributed by atoms with van der Waals surface area (Å²) in [6, 6.07) is 0. The summed E-state index contributed by atoms with van der Waals surface area (Å²) in [5.74, 6) is -0.781. The van der Waals surface area contributed by atoms with Crippen molar-refractivity contribution in [3.05, 3.63) is 12.7 Å². The minimum atomic E-state index is -0.874. The van der Waals surface area contributed by atoms with Crippen molar-refractivity contribution in [1.29, 1.82) is 0 Å². The summed E-state index contributed by atoms with van der Waals surface area (Å²) in [5.41, 5.74) is 4.75. The molecule has 0 radical (unpaired) electrons. The normalized spacial score (nSPS) is 22.1. The molecule has 0 aromatic carbocycles. The lowest BCUT2D eigenvalue weighted by molar-refractivity contribution is -0.131. The van der Waals surface area contributed by atoms with Crippen molar-refractivity contribution in [3.8, 4) is 0 Å². The minimum absolute atomic E-state index is 0.220. The van der Waals surface area contributed by atoms with E-state index < -0.39 is 11.4 Å². The summed E-state index contributed by atoms with van der Waals surface area (Å²) in [6.07, 6.45) is 4.15. The second-order valence-corrected chi connectivity index (χ2v) is 5.30. The van der Waals surface area contributed by atoms with Crippen LogP contribution in [0.3, 0.4) is 0 Å². The fourth-order valence-corrected chi connectivity index (χ4v) is 2.07. The van der Waals surface area contributed by atoms with Crippen molar-refractivity contribution < 1.29 is 9.59 Å². The maximum Gasteiger partial charge on any atom is 0.244 e. The predicted molar refractivity (Wildman–Crippen MR) is 62.5 cm³/mol. The maximum absolute atomic E-state index is 11.5. The third-order valence-corrected chi connectivity index (χ3v) is 3.48. The molecule has 1 saturated carbocycles. The highest BCUT2D eigenvalue weighted by Gasteiger charge is 2.43. The van der Waals surface area contributed by atoms with E-state index in [0.717, 1.165) is 12.8 Å². The molecular weight excluding hydrogens is 204 g/mol. The molecule has 1 aliphatic rings. The summed E-state index contributed by atoms with van der Waals surface area (Å²) in [7, 11) is 0. The van der Waals surface area contributed by atoms with Crippen LogP contribution in [0.1, 0.15) is 39.5 Å². The molecule has 2 amide bonds. The van der Waals surface area contributed by atoms with Crippen molar-refractivity contribution >= 4 is 11.8 Å². The molecule has 0 bridgehead atoms. The van der Waals surface area contributed by atoms with Crippen molar-refractivity contribution in [2.75, 3.05) is 0 Å². The van der Waals surface area contributed by atoms with Gasteiger partial charge in [-0.2, -0.15) is 0 Å². The molecule has 3 N–H and O–H groups in total. The molecule has 1 aliphatic carbocycles. The number of hydrogen-bond acceptors (Lipinski definition) is 2. The molecule has 0 atom stereocenters. The van der Waals surface area contributed by atoms with Crippen LogP contribution >= 0.6 is 0 Å². The van der Waals surface area contributed by atoms with Crippen LogP contribution in [0.5, 0.6) is 0 Å². The van der Waals surface area contributed by atoms with Crippen LogP contribution in [0.4, 0.5) is 0 Å². The lowest BCUT2D eigenvalue weighted by atomic mass is 9.69. The van der Waals surface area contributed by atoms with Crippen molar-refractivity contribution in [2.24, 2.45) is 11.1 Å². The number of amides is 2. The van der Waals surface area contributed by atoms with Gasteiger partial charge in [-0.1, -0.05) is 20.4 Å². The van der Waals surface area contributed by atoms with Gasteiger partial charge >= 0.3 is 0 Å². The van der Waals surface area contributed by atoms with Gasteiger partial charge in [-0.15, -0.1) is 0 Å². The number of primary amides is 1. The van der Waals surface area contributed by atoms with Crippen LogP contribution in [0.15, 0.2) is 12.7 Å². The highest BCUT2D eigenvalue weighted by molar-refractivity contribution is 5.94. The van der Waals surface area contributed by atoms with Crippen molar-refractivity contribution in [3.63, 3.8) is 0 Å². The second-order valence-electron chi connectivity index (χ2n) is 5.30. The van der Waals surface area contributed by atoms with Gasteiger partial charge in [0.25, 0.3) is 0 Å². The highest BCUT2D eigenvalue weighted by Crippen LogP contribution is 2.40. The SMILES string of the molecule is C=CC(=O)NC1(C(N)=O)CCC(C)(C)CC1. The number of nitrogens with two attached hydrogens (primary N) is 1. The van der Waals surface area contributed by atoms with E-state index in [1.54, 1.807) is 0 Å². The minimum Gasteiger partial charge on any atom is -0.368 e. The summed E-state index contributed by atoms with van der Waals surface area (Å²) >= 11 is 0. The topological polar surface area (TPSA) is 72.2 Å². The van der Waals surface area contributed by atoms with Gasteiger partial charge in [0.1, 0.15) is 5.54 Å². The molecule has 0 aromatic rings. The van der Waals surface area contributed by atoms with E-state index in [9.17, 15) is 9.59 Å². The van der Waals surface area contributed by atoms with Gasteiger partial charge in [-0.25, -0.2) is 0 Å². The van der Waals surface area contributed by atoms with Crippen molar-refractivity contribution in [2.45, 2.75) is 45.1 Å². The third kappa shape index (κ3) is 2.62. The average Bonchev–Trinajstić information content (AvgIpc) is 2.21. The molecule has 0 spiro atoms. The third-order valence-electron chi connectivity index (χ3n) is 3.48. The monoisotopic (exact) mass is 224 g/mol. The van der Waals surface area contributed by atoms with Crippen LogP contribution in [0, 0.1) is 5.41 Å². The molecule has 4 nitrogen and oxygen atoms in total. The molecule has 1 fully saturated rings. The van der Waals surface area contributed by atoms with Crippen LogP contribution in [-0.2, 0) is 9.59 Å². The van der Waals surface area contributed by atoms with E-state index in [0.29, 0.717) is 12.8 Å². The fraction of sp³-hybridized carbons (Fsp3) is 0.667. The first-order chi connectivity index (χ1) is 7.31.